The number of aliphatic hydroxyl groups excluding tert-OH is 1. The van der Waals surface area contributed by atoms with Crippen LogP contribution in [0.4, 0.5) is 0 Å². The summed E-state index contributed by atoms with van der Waals surface area (Å²) in [7, 11) is 0. The first-order valence-corrected chi connectivity index (χ1v) is 3.29. The van der Waals surface area contributed by atoms with Gasteiger partial charge in [0.05, 0.1) is 6.10 Å². The molecule has 2 aliphatic rings. The van der Waals surface area contributed by atoms with Crippen LogP contribution in [-0.4, -0.2) is 23.8 Å². The van der Waals surface area contributed by atoms with Gasteiger partial charge in [-0.1, -0.05) is 0 Å². The molecule has 2 bridgehead atoms. The van der Waals surface area contributed by atoms with Crippen LogP contribution in [0.2, 0.25) is 0 Å². The average Bonchev–Trinajstić information content (AvgIpc) is 2.29. The molecule has 1 aliphatic carbocycles. The molecule has 2 N–H and O–H groups in total. The van der Waals surface area contributed by atoms with Gasteiger partial charge >= 0.3 is 0 Å². The molecule has 2 heteroatoms. The third kappa shape index (κ3) is 0.446. The van der Waals surface area contributed by atoms with Gasteiger partial charge in [0.25, 0.3) is 0 Å². The average molecular weight is 113 g/mol. The van der Waals surface area contributed by atoms with Crippen molar-refractivity contribution < 1.29 is 5.11 Å². The van der Waals surface area contributed by atoms with Crippen molar-refractivity contribution in [2.75, 3.05) is 6.54 Å². The van der Waals surface area contributed by atoms with Crippen LogP contribution < -0.4 is 5.32 Å². The standard InChI is InChI=1S/C6H11NO/c8-6-4-1-2-5(6)7-3-4/h4-8H,1-3H2/t4-,5-,6?/m1/s1. The molecule has 1 heterocycles. The molecule has 46 valence electrons. The SMILES string of the molecule is OC1[C@@H]2CC[C@H]1NC2. The summed E-state index contributed by atoms with van der Waals surface area (Å²) in [6, 6.07) is 0.444. The molecule has 2 fully saturated rings. The van der Waals surface area contributed by atoms with Crippen LogP contribution in [0.25, 0.3) is 0 Å². The highest BCUT2D eigenvalue weighted by Crippen LogP contribution is 2.30. The molecule has 0 aromatic rings. The van der Waals surface area contributed by atoms with Crippen LogP contribution in [0.15, 0.2) is 0 Å². The summed E-state index contributed by atoms with van der Waals surface area (Å²) in [5.41, 5.74) is 0. The van der Waals surface area contributed by atoms with Crippen molar-refractivity contribution >= 4 is 0 Å². The van der Waals surface area contributed by atoms with Crippen molar-refractivity contribution in [3.05, 3.63) is 0 Å². The number of hydrogen-bond acceptors (Lipinski definition) is 2. The molecule has 2 nitrogen and oxygen atoms in total. The largest absolute Gasteiger partial charge is 0.391 e. The minimum atomic E-state index is -0.0185. The van der Waals surface area contributed by atoms with Crippen molar-refractivity contribution in [1.29, 1.82) is 0 Å². The van der Waals surface area contributed by atoms with E-state index in [4.69, 9.17) is 0 Å². The summed E-state index contributed by atoms with van der Waals surface area (Å²) in [6.45, 7) is 1.05. The third-order valence-corrected chi connectivity index (χ3v) is 2.39. The number of rotatable bonds is 0. The summed E-state index contributed by atoms with van der Waals surface area (Å²) < 4.78 is 0. The fraction of sp³-hybridized carbons (Fsp3) is 1.00. The zero-order valence-corrected chi connectivity index (χ0v) is 4.80. The summed E-state index contributed by atoms with van der Waals surface area (Å²) in [5, 5.41) is 12.5. The van der Waals surface area contributed by atoms with Crippen molar-refractivity contribution in [1.82, 2.24) is 5.32 Å². The second-order valence-electron chi connectivity index (χ2n) is 2.84. The normalized spacial score (nSPS) is 52.9. The molecule has 2 rings (SSSR count). The van der Waals surface area contributed by atoms with E-state index in [-0.39, 0.29) is 6.10 Å². The van der Waals surface area contributed by atoms with E-state index in [0.717, 1.165) is 6.54 Å². The molecule has 1 aliphatic heterocycles. The van der Waals surface area contributed by atoms with Crippen LogP contribution in [0.5, 0.6) is 0 Å². The van der Waals surface area contributed by atoms with Gasteiger partial charge < -0.3 is 10.4 Å². The number of piperidine rings is 1. The summed E-state index contributed by atoms with van der Waals surface area (Å²) >= 11 is 0. The minimum Gasteiger partial charge on any atom is -0.391 e. The third-order valence-electron chi connectivity index (χ3n) is 2.39. The summed E-state index contributed by atoms with van der Waals surface area (Å²) in [4.78, 5) is 0. The maximum absolute atomic E-state index is 9.27. The molecule has 0 amide bonds. The van der Waals surface area contributed by atoms with E-state index in [0.29, 0.717) is 12.0 Å². The summed E-state index contributed by atoms with van der Waals surface area (Å²) in [6.07, 6.45) is 2.40. The maximum Gasteiger partial charge on any atom is 0.0733 e. The first-order valence-electron chi connectivity index (χ1n) is 3.29. The Hall–Kier alpha value is -0.0800. The lowest BCUT2D eigenvalue weighted by atomic mass is 10.1. The molecule has 0 radical (unpaired) electrons. The molecular formula is C6H11NO. The van der Waals surface area contributed by atoms with Crippen LogP contribution in [0.1, 0.15) is 12.8 Å². The Bertz CT molecular complexity index is 84.7. The molecule has 1 unspecified atom stereocenters. The zero-order chi connectivity index (χ0) is 5.56. The molecule has 0 aromatic heterocycles. The molecule has 0 aromatic carbocycles. The van der Waals surface area contributed by atoms with Crippen molar-refractivity contribution in [2.24, 2.45) is 5.92 Å². The monoisotopic (exact) mass is 113 g/mol. The Labute approximate surface area is 48.9 Å². The lowest BCUT2D eigenvalue weighted by molar-refractivity contribution is 0.150. The lowest BCUT2D eigenvalue weighted by Gasteiger charge is -2.07. The van der Waals surface area contributed by atoms with E-state index in [9.17, 15) is 5.11 Å². The first-order chi connectivity index (χ1) is 3.88. The fourth-order valence-corrected chi connectivity index (χ4v) is 1.81. The van der Waals surface area contributed by atoms with Crippen molar-refractivity contribution in [3.8, 4) is 0 Å². The Morgan fingerprint density at radius 3 is 2.38 bits per heavy atom. The van der Waals surface area contributed by atoms with Crippen LogP contribution in [0.3, 0.4) is 0 Å². The molecule has 0 spiro atoms. The number of fused-ring (bicyclic) bond motifs is 2. The van der Waals surface area contributed by atoms with E-state index in [1.165, 1.54) is 12.8 Å². The van der Waals surface area contributed by atoms with E-state index >= 15 is 0 Å². The highest BCUT2D eigenvalue weighted by molar-refractivity contribution is 4.96. The topological polar surface area (TPSA) is 32.3 Å². The Morgan fingerprint density at radius 1 is 1.38 bits per heavy atom. The second kappa shape index (κ2) is 1.45. The van der Waals surface area contributed by atoms with Gasteiger partial charge in [0.15, 0.2) is 0 Å². The Morgan fingerprint density at radius 2 is 2.25 bits per heavy atom. The molecule has 8 heavy (non-hydrogen) atoms. The van der Waals surface area contributed by atoms with E-state index in [2.05, 4.69) is 5.32 Å². The van der Waals surface area contributed by atoms with Crippen molar-refractivity contribution in [3.63, 3.8) is 0 Å². The zero-order valence-electron chi connectivity index (χ0n) is 4.80. The number of aliphatic hydroxyl groups is 1. The van der Waals surface area contributed by atoms with Crippen LogP contribution in [0, 0.1) is 5.92 Å². The summed E-state index contributed by atoms with van der Waals surface area (Å²) in [5.74, 6) is 0.583. The van der Waals surface area contributed by atoms with E-state index in [1.807, 2.05) is 0 Å². The highest BCUT2D eigenvalue weighted by Gasteiger charge is 2.39. The molecule has 1 saturated carbocycles. The molecule has 3 atom stereocenters. The van der Waals surface area contributed by atoms with Gasteiger partial charge in [-0.2, -0.15) is 0 Å². The smallest absolute Gasteiger partial charge is 0.0733 e. The van der Waals surface area contributed by atoms with Crippen LogP contribution >= 0.6 is 0 Å². The maximum atomic E-state index is 9.27. The van der Waals surface area contributed by atoms with Gasteiger partial charge in [-0.25, -0.2) is 0 Å². The van der Waals surface area contributed by atoms with Gasteiger partial charge in [0.2, 0.25) is 0 Å². The predicted octanol–water partition coefficient (Wildman–Crippen LogP) is -0.271. The first kappa shape index (κ1) is 4.77. The van der Waals surface area contributed by atoms with Gasteiger partial charge in [-0.05, 0) is 18.8 Å². The predicted molar refractivity (Wildman–Crippen MR) is 30.5 cm³/mol. The van der Waals surface area contributed by atoms with Gasteiger partial charge in [0, 0.05) is 12.6 Å². The number of hydrogen-bond donors (Lipinski definition) is 2. The van der Waals surface area contributed by atoms with Crippen LogP contribution in [-0.2, 0) is 0 Å². The molecule has 1 saturated heterocycles. The molecular weight excluding hydrogens is 102 g/mol. The Balaban J connectivity index is 2.16. The van der Waals surface area contributed by atoms with Gasteiger partial charge in [-0.15, -0.1) is 0 Å². The Kier molecular flexibility index (Phi) is 0.866. The van der Waals surface area contributed by atoms with Gasteiger partial charge in [-0.3, -0.25) is 0 Å². The van der Waals surface area contributed by atoms with Gasteiger partial charge in [0.1, 0.15) is 0 Å². The minimum absolute atomic E-state index is 0.0185. The van der Waals surface area contributed by atoms with Crippen molar-refractivity contribution in [2.45, 2.75) is 25.0 Å². The second-order valence-corrected chi connectivity index (χ2v) is 2.84. The van der Waals surface area contributed by atoms with E-state index < -0.39 is 0 Å². The van der Waals surface area contributed by atoms with E-state index in [1.54, 1.807) is 0 Å². The lowest BCUT2D eigenvalue weighted by Crippen LogP contribution is -2.27. The quantitative estimate of drug-likeness (QED) is 0.453. The fourth-order valence-electron chi connectivity index (χ4n) is 1.81. The highest BCUT2D eigenvalue weighted by atomic mass is 16.3. The number of nitrogens with one attached hydrogen (secondary N) is 1.